The number of carbonyl (C=O) groups excluding carboxylic acids is 2. The summed E-state index contributed by atoms with van der Waals surface area (Å²) in [4.78, 5) is 23.4. The lowest BCUT2D eigenvalue weighted by molar-refractivity contribution is -0.156. The van der Waals surface area contributed by atoms with Crippen LogP contribution >= 0.6 is 0 Å². The van der Waals surface area contributed by atoms with Gasteiger partial charge in [0.05, 0.1) is 12.5 Å². The molecule has 0 aromatic carbocycles. The van der Waals surface area contributed by atoms with Crippen LogP contribution in [0.3, 0.4) is 0 Å². The van der Waals surface area contributed by atoms with Crippen LogP contribution in [0.15, 0.2) is 0 Å². The molecule has 0 amide bonds. The van der Waals surface area contributed by atoms with Crippen LogP contribution in [0, 0.1) is 0 Å². The Morgan fingerprint density at radius 1 is 1.26 bits per heavy atom. The van der Waals surface area contributed by atoms with Crippen LogP contribution in [-0.2, 0) is 19.1 Å². The lowest BCUT2D eigenvalue weighted by atomic mass is 10.1. The van der Waals surface area contributed by atoms with E-state index in [0.717, 1.165) is 6.42 Å². The van der Waals surface area contributed by atoms with Gasteiger partial charge in [0.15, 0.2) is 0 Å². The molecule has 0 aliphatic carbocycles. The Morgan fingerprint density at radius 3 is 2.42 bits per heavy atom. The number of hydrogen-bond donors (Lipinski definition) is 1. The molecule has 1 rings (SSSR count). The number of ether oxygens (including phenoxy) is 2. The smallest absolute Gasteiger partial charge is 0.323 e. The van der Waals surface area contributed by atoms with Crippen molar-refractivity contribution in [1.29, 1.82) is 0 Å². The molecule has 110 valence electrons. The first-order valence-corrected chi connectivity index (χ1v) is 6.86. The molecule has 1 N–H and O–H groups in total. The van der Waals surface area contributed by atoms with E-state index >= 15 is 0 Å². The normalized spacial score (nSPS) is 23.5. The summed E-state index contributed by atoms with van der Waals surface area (Å²) < 4.78 is 10.4. The second-order valence-corrected chi connectivity index (χ2v) is 6.27. The van der Waals surface area contributed by atoms with Crippen molar-refractivity contribution in [3.63, 3.8) is 0 Å². The molecular formula is C14H25NO4. The van der Waals surface area contributed by atoms with E-state index < -0.39 is 5.60 Å². The molecule has 19 heavy (non-hydrogen) atoms. The molecule has 1 aliphatic rings. The number of nitrogens with one attached hydrogen (secondary N) is 1. The minimum absolute atomic E-state index is 0.000405. The fraction of sp³-hybridized carbons (Fsp3) is 0.857. The van der Waals surface area contributed by atoms with Gasteiger partial charge < -0.3 is 14.8 Å². The Kier molecular flexibility index (Phi) is 5.35. The third-order valence-corrected chi connectivity index (χ3v) is 2.71. The summed E-state index contributed by atoms with van der Waals surface area (Å²) in [6.45, 7) is 9.18. The second-order valence-electron chi connectivity index (χ2n) is 6.27. The van der Waals surface area contributed by atoms with Crippen LogP contribution in [0.25, 0.3) is 0 Å². The lowest BCUT2D eigenvalue weighted by Gasteiger charge is -2.21. The van der Waals surface area contributed by atoms with Crippen molar-refractivity contribution < 1.29 is 19.1 Å². The van der Waals surface area contributed by atoms with Crippen molar-refractivity contribution >= 4 is 11.9 Å². The fourth-order valence-corrected chi connectivity index (χ4v) is 2.06. The molecule has 0 unspecified atom stereocenters. The van der Waals surface area contributed by atoms with E-state index in [4.69, 9.17) is 9.47 Å². The Morgan fingerprint density at radius 2 is 1.89 bits per heavy atom. The molecule has 0 saturated carbocycles. The predicted octanol–water partition coefficient (Wildman–Crippen LogP) is 1.79. The van der Waals surface area contributed by atoms with Gasteiger partial charge in [-0.3, -0.25) is 9.59 Å². The highest BCUT2D eigenvalue weighted by Gasteiger charge is 2.32. The van der Waals surface area contributed by atoms with Crippen molar-refractivity contribution in [3.8, 4) is 0 Å². The summed E-state index contributed by atoms with van der Waals surface area (Å²) in [6.07, 6.45) is 1.68. The topological polar surface area (TPSA) is 64.6 Å². The first kappa shape index (κ1) is 16.0. The maximum atomic E-state index is 11.7. The first-order chi connectivity index (χ1) is 8.67. The highest BCUT2D eigenvalue weighted by Crippen LogP contribution is 2.18. The number of esters is 2. The third-order valence-electron chi connectivity index (χ3n) is 2.71. The molecular weight excluding hydrogens is 246 g/mol. The van der Waals surface area contributed by atoms with Crippen LogP contribution in [-0.4, -0.2) is 35.7 Å². The van der Waals surface area contributed by atoms with E-state index in [0.29, 0.717) is 12.8 Å². The van der Waals surface area contributed by atoms with E-state index in [2.05, 4.69) is 5.32 Å². The molecule has 1 aliphatic heterocycles. The molecule has 0 radical (unpaired) electrons. The maximum absolute atomic E-state index is 11.7. The summed E-state index contributed by atoms with van der Waals surface area (Å²) in [5.74, 6) is -0.468. The van der Waals surface area contributed by atoms with Crippen LogP contribution in [0.2, 0.25) is 0 Å². The van der Waals surface area contributed by atoms with E-state index in [1.165, 1.54) is 0 Å². The summed E-state index contributed by atoms with van der Waals surface area (Å²) >= 11 is 0. The van der Waals surface area contributed by atoms with Gasteiger partial charge in [0.25, 0.3) is 0 Å². The zero-order valence-corrected chi connectivity index (χ0v) is 12.5. The Hall–Kier alpha value is -1.10. The molecule has 0 aromatic heterocycles. The van der Waals surface area contributed by atoms with E-state index in [1.54, 1.807) is 0 Å². The lowest BCUT2D eigenvalue weighted by Crippen LogP contribution is -2.39. The summed E-state index contributed by atoms with van der Waals surface area (Å²) in [5, 5.41) is 3.14. The second kappa shape index (κ2) is 6.37. The van der Waals surface area contributed by atoms with E-state index in [1.807, 2.05) is 34.6 Å². The molecule has 5 nitrogen and oxygen atoms in total. The van der Waals surface area contributed by atoms with Crippen molar-refractivity contribution in [3.05, 3.63) is 0 Å². The van der Waals surface area contributed by atoms with Crippen molar-refractivity contribution in [2.24, 2.45) is 0 Å². The van der Waals surface area contributed by atoms with Crippen molar-refractivity contribution in [2.45, 2.75) is 77.7 Å². The SMILES string of the molecule is CC(C)OC(=O)[C@@H]1CC[C@H](CC(=O)OC(C)(C)C)N1. The van der Waals surface area contributed by atoms with E-state index in [9.17, 15) is 9.59 Å². The van der Waals surface area contributed by atoms with E-state index in [-0.39, 0.29) is 30.1 Å². The monoisotopic (exact) mass is 271 g/mol. The van der Waals surface area contributed by atoms with Crippen LogP contribution in [0.1, 0.15) is 53.9 Å². The Balaban J connectivity index is 2.36. The van der Waals surface area contributed by atoms with Gasteiger partial charge in [-0.15, -0.1) is 0 Å². The van der Waals surface area contributed by atoms with Crippen LogP contribution in [0.5, 0.6) is 0 Å². The van der Waals surface area contributed by atoms with Gasteiger partial charge in [0.1, 0.15) is 11.6 Å². The van der Waals surface area contributed by atoms with Gasteiger partial charge in [-0.2, -0.15) is 0 Å². The Labute approximate surface area is 115 Å². The minimum atomic E-state index is -0.467. The quantitative estimate of drug-likeness (QED) is 0.790. The van der Waals surface area contributed by atoms with Gasteiger partial charge in [-0.05, 0) is 47.5 Å². The standard InChI is InChI=1S/C14H25NO4/c1-9(2)18-13(17)11-7-6-10(15-11)8-12(16)19-14(3,4)5/h9-11,15H,6-8H2,1-5H3/t10-,11+/m1/s1. The molecule has 0 bridgehead atoms. The fourth-order valence-electron chi connectivity index (χ4n) is 2.06. The summed E-state index contributed by atoms with van der Waals surface area (Å²) in [5.41, 5.74) is -0.467. The van der Waals surface area contributed by atoms with Crippen molar-refractivity contribution in [2.75, 3.05) is 0 Å². The predicted molar refractivity (Wildman–Crippen MR) is 71.6 cm³/mol. The molecule has 2 atom stereocenters. The number of rotatable bonds is 4. The third kappa shape index (κ3) is 6.05. The van der Waals surface area contributed by atoms with Gasteiger partial charge in [0.2, 0.25) is 0 Å². The number of hydrogen-bond acceptors (Lipinski definition) is 5. The average Bonchev–Trinajstić information content (AvgIpc) is 2.61. The molecule has 1 fully saturated rings. The van der Waals surface area contributed by atoms with Gasteiger partial charge in [-0.25, -0.2) is 0 Å². The molecule has 1 saturated heterocycles. The van der Waals surface area contributed by atoms with Gasteiger partial charge in [0, 0.05) is 6.04 Å². The molecule has 1 heterocycles. The maximum Gasteiger partial charge on any atom is 0.323 e. The number of carbonyl (C=O) groups is 2. The summed E-state index contributed by atoms with van der Waals surface area (Å²) in [6, 6.07) is -0.297. The zero-order valence-electron chi connectivity index (χ0n) is 12.5. The molecule has 0 aromatic rings. The van der Waals surface area contributed by atoms with Crippen LogP contribution in [0.4, 0.5) is 0 Å². The van der Waals surface area contributed by atoms with Crippen LogP contribution < -0.4 is 5.32 Å². The highest BCUT2D eigenvalue weighted by molar-refractivity contribution is 5.77. The zero-order chi connectivity index (χ0) is 14.6. The largest absolute Gasteiger partial charge is 0.462 e. The van der Waals surface area contributed by atoms with Gasteiger partial charge in [-0.1, -0.05) is 0 Å². The van der Waals surface area contributed by atoms with Gasteiger partial charge >= 0.3 is 11.9 Å². The summed E-state index contributed by atoms with van der Waals surface area (Å²) in [7, 11) is 0. The Bertz CT molecular complexity index is 333. The average molecular weight is 271 g/mol. The highest BCUT2D eigenvalue weighted by atomic mass is 16.6. The minimum Gasteiger partial charge on any atom is -0.462 e. The molecule has 5 heteroatoms. The van der Waals surface area contributed by atoms with Crippen molar-refractivity contribution in [1.82, 2.24) is 5.32 Å². The first-order valence-electron chi connectivity index (χ1n) is 6.86. The molecule has 0 spiro atoms.